The first kappa shape index (κ1) is 13.9. The lowest BCUT2D eigenvalue weighted by Crippen LogP contribution is -2.16. The minimum atomic E-state index is -0.466. The Morgan fingerprint density at radius 1 is 1.15 bits per heavy atom. The monoisotopic (exact) mass is 272 g/mol. The van der Waals surface area contributed by atoms with Crippen molar-refractivity contribution in [2.75, 3.05) is 12.4 Å². The van der Waals surface area contributed by atoms with E-state index in [1.165, 1.54) is 7.11 Å². The molecule has 0 spiro atoms. The molecule has 0 unspecified atom stereocenters. The highest BCUT2D eigenvalue weighted by Crippen LogP contribution is 2.16. The standard InChI is InChI=1S/C15H16N2O3/c1-20-15(19)12-6-2-3-7-13(12)16-14(18)8-11-17-9-4-5-10-17/h2-7,9-10H,8,11H2,1H3,(H,16,18). The number of aryl methyl sites for hydroxylation is 1. The zero-order valence-corrected chi connectivity index (χ0v) is 11.2. The Morgan fingerprint density at radius 3 is 2.55 bits per heavy atom. The molecule has 5 nitrogen and oxygen atoms in total. The Hall–Kier alpha value is -2.56. The number of para-hydroxylation sites is 1. The van der Waals surface area contributed by atoms with Crippen molar-refractivity contribution in [1.82, 2.24) is 4.57 Å². The van der Waals surface area contributed by atoms with Gasteiger partial charge in [0, 0.05) is 25.4 Å². The lowest BCUT2D eigenvalue weighted by molar-refractivity contribution is -0.116. The third-order valence-corrected chi connectivity index (χ3v) is 2.87. The number of anilines is 1. The molecule has 2 rings (SSSR count). The van der Waals surface area contributed by atoms with Gasteiger partial charge in [-0.25, -0.2) is 4.79 Å². The second-order valence-corrected chi connectivity index (χ2v) is 4.26. The summed E-state index contributed by atoms with van der Waals surface area (Å²) in [7, 11) is 1.31. The Labute approximate surface area is 117 Å². The number of nitrogens with one attached hydrogen (secondary N) is 1. The van der Waals surface area contributed by atoms with Gasteiger partial charge in [-0.05, 0) is 24.3 Å². The summed E-state index contributed by atoms with van der Waals surface area (Å²) in [6, 6.07) is 10.6. The second-order valence-electron chi connectivity index (χ2n) is 4.26. The number of carbonyl (C=O) groups excluding carboxylic acids is 2. The van der Waals surface area contributed by atoms with E-state index in [0.29, 0.717) is 24.2 Å². The smallest absolute Gasteiger partial charge is 0.339 e. The molecule has 0 aliphatic rings. The molecule has 5 heteroatoms. The van der Waals surface area contributed by atoms with Gasteiger partial charge in [0.15, 0.2) is 0 Å². The predicted molar refractivity (Wildman–Crippen MR) is 75.5 cm³/mol. The van der Waals surface area contributed by atoms with Gasteiger partial charge in [0.2, 0.25) is 5.91 Å². The molecule has 2 aromatic rings. The number of nitrogens with zero attached hydrogens (tertiary/aromatic N) is 1. The highest BCUT2D eigenvalue weighted by molar-refractivity contribution is 6.01. The van der Waals surface area contributed by atoms with Gasteiger partial charge >= 0.3 is 5.97 Å². The van der Waals surface area contributed by atoms with Crippen LogP contribution < -0.4 is 5.32 Å². The maximum absolute atomic E-state index is 11.9. The molecule has 1 amide bonds. The van der Waals surface area contributed by atoms with Crippen molar-refractivity contribution in [1.29, 1.82) is 0 Å². The van der Waals surface area contributed by atoms with Gasteiger partial charge in [-0.1, -0.05) is 12.1 Å². The fourth-order valence-electron chi connectivity index (χ4n) is 1.84. The van der Waals surface area contributed by atoms with Crippen LogP contribution in [0.5, 0.6) is 0 Å². The molecule has 0 fully saturated rings. The van der Waals surface area contributed by atoms with Crippen LogP contribution in [0, 0.1) is 0 Å². The van der Waals surface area contributed by atoms with E-state index >= 15 is 0 Å². The molecule has 0 radical (unpaired) electrons. The summed E-state index contributed by atoms with van der Waals surface area (Å²) in [6.07, 6.45) is 4.13. The highest BCUT2D eigenvalue weighted by Gasteiger charge is 2.12. The number of carbonyl (C=O) groups is 2. The van der Waals surface area contributed by atoms with E-state index in [4.69, 9.17) is 0 Å². The van der Waals surface area contributed by atoms with Crippen LogP contribution >= 0.6 is 0 Å². The van der Waals surface area contributed by atoms with Crippen LogP contribution in [0.1, 0.15) is 16.8 Å². The average Bonchev–Trinajstić information content (AvgIpc) is 2.98. The van der Waals surface area contributed by atoms with Crippen LogP contribution in [0.25, 0.3) is 0 Å². The van der Waals surface area contributed by atoms with Crippen LogP contribution in [0.2, 0.25) is 0 Å². The van der Waals surface area contributed by atoms with E-state index in [2.05, 4.69) is 10.1 Å². The summed E-state index contributed by atoms with van der Waals surface area (Å²) >= 11 is 0. The summed E-state index contributed by atoms with van der Waals surface area (Å²) in [6.45, 7) is 0.596. The zero-order valence-electron chi connectivity index (χ0n) is 11.2. The zero-order chi connectivity index (χ0) is 14.4. The van der Waals surface area contributed by atoms with E-state index in [1.807, 2.05) is 29.1 Å². The summed E-state index contributed by atoms with van der Waals surface area (Å²) in [5.41, 5.74) is 0.821. The first-order valence-electron chi connectivity index (χ1n) is 6.28. The van der Waals surface area contributed by atoms with Crippen molar-refractivity contribution in [3.05, 3.63) is 54.4 Å². The molecule has 0 bridgehead atoms. The first-order chi connectivity index (χ1) is 9.70. The van der Waals surface area contributed by atoms with Crippen molar-refractivity contribution in [3.63, 3.8) is 0 Å². The normalized spacial score (nSPS) is 10.1. The maximum atomic E-state index is 11.9. The van der Waals surface area contributed by atoms with Crippen LogP contribution in [0.3, 0.4) is 0 Å². The molecule has 0 saturated heterocycles. The van der Waals surface area contributed by atoms with Crippen LogP contribution in [0.4, 0.5) is 5.69 Å². The number of rotatable bonds is 5. The molecule has 1 N–H and O–H groups in total. The van der Waals surface area contributed by atoms with Crippen molar-refractivity contribution in [2.45, 2.75) is 13.0 Å². The van der Waals surface area contributed by atoms with E-state index in [0.717, 1.165) is 0 Å². The molecule has 20 heavy (non-hydrogen) atoms. The van der Waals surface area contributed by atoms with Gasteiger partial charge in [-0.15, -0.1) is 0 Å². The Morgan fingerprint density at radius 2 is 1.85 bits per heavy atom. The molecule has 1 heterocycles. The van der Waals surface area contributed by atoms with Gasteiger partial charge in [-0.3, -0.25) is 4.79 Å². The lowest BCUT2D eigenvalue weighted by Gasteiger charge is -2.09. The van der Waals surface area contributed by atoms with Gasteiger partial charge in [-0.2, -0.15) is 0 Å². The largest absolute Gasteiger partial charge is 0.465 e. The number of methoxy groups -OCH3 is 1. The molecular formula is C15H16N2O3. The molecule has 104 valence electrons. The number of aromatic nitrogens is 1. The first-order valence-corrected chi connectivity index (χ1v) is 6.28. The summed E-state index contributed by atoms with van der Waals surface area (Å²) in [5.74, 6) is -0.610. The van der Waals surface area contributed by atoms with Gasteiger partial charge in [0.25, 0.3) is 0 Å². The van der Waals surface area contributed by atoms with Crippen LogP contribution in [-0.4, -0.2) is 23.6 Å². The third kappa shape index (κ3) is 3.47. The third-order valence-electron chi connectivity index (χ3n) is 2.87. The summed E-state index contributed by atoms with van der Waals surface area (Å²) in [5, 5.41) is 2.74. The maximum Gasteiger partial charge on any atom is 0.339 e. The van der Waals surface area contributed by atoms with E-state index < -0.39 is 5.97 Å². The number of ether oxygens (including phenoxy) is 1. The molecular weight excluding hydrogens is 256 g/mol. The molecule has 0 saturated carbocycles. The molecule has 0 aliphatic heterocycles. The van der Waals surface area contributed by atoms with Crippen LogP contribution in [0.15, 0.2) is 48.8 Å². The number of hydrogen-bond acceptors (Lipinski definition) is 3. The topological polar surface area (TPSA) is 60.3 Å². The second kappa shape index (κ2) is 6.56. The fourth-order valence-corrected chi connectivity index (χ4v) is 1.84. The lowest BCUT2D eigenvalue weighted by atomic mass is 10.1. The number of hydrogen-bond donors (Lipinski definition) is 1. The predicted octanol–water partition coefficient (Wildman–Crippen LogP) is 2.30. The number of amides is 1. The van der Waals surface area contributed by atoms with Gasteiger partial charge in [0.1, 0.15) is 0 Å². The minimum absolute atomic E-state index is 0.143. The van der Waals surface area contributed by atoms with Gasteiger partial charge in [0.05, 0.1) is 18.4 Å². The van der Waals surface area contributed by atoms with Crippen molar-refractivity contribution in [2.24, 2.45) is 0 Å². The highest BCUT2D eigenvalue weighted by atomic mass is 16.5. The Balaban J connectivity index is 1.99. The van der Waals surface area contributed by atoms with Crippen LogP contribution in [-0.2, 0) is 16.1 Å². The number of benzene rings is 1. The molecule has 0 aliphatic carbocycles. The molecule has 1 aromatic heterocycles. The molecule has 0 atom stereocenters. The number of esters is 1. The summed E-state index contributed by atoms with van der Waals surface area (Å²) < 4.78 is 6.61. The fraction of sp³-hybridized carbons (Fsp3) is 0.200. The van der Waals surface area contributed by atoms with Crippen molar-refractivity contribution < 1.29 is 14.3 Å². The van der Waals surface area contributed by atoms with Crippen molar-refractivity contribution in [3.8, 4) is 0 Å². The van der Waals surface area contributed by atoms with E-state index in [9.17, 15) is 9.59 Å². The average molecular weight is 272 g/mol. The SMILES string of the molecule is COC(=O)c1ccccc1NC(=O)CCn1cccc1. The quantitative estimate of drug-likeness (QED) is 0.850. The van der Waals surface area contributed by atoms with Gasteiger partial charge < -0.3 is 14.6 Å². The summed E-state index contributed by atoms with van der Waals surface area (Å²) in [4.78, 5) is 23.5. The van der Waals surface area contributed by atoms with E-state index in [-0.39, 0.29) is 5.91 Å². The van der Waals surface area contributed by atoms with Crippen molar-refractivity contribution >= 4 is 17.6 Å². The van der Waals surface area contributed by atoms with E-state index in [1.54, 1.807) is 24.3 Å². The Kier molecular flexibility index (Phi) is 4.55. The molecule has 1 aromatic carbocycles. The Bertz CT molecular complexity index is 591. The minimum Gasteiger partial charge on any atom is -0.465 e.